The summed E-state index contributed by atoms with van der Waals surface area (Å²) in [4.78, 5) is 12.7. The molecular formula is C10H10Cl2N2O3. The van der Waals surface area contributed by atoms with Crippen LogP contribution >= 0.6 is 23.2 Å². The van der Waals surface area contributed by atoms with Crippen molar-refractivity contribution in [3.05, 3.63) is 28.3 Å². The molecular weight excluding hydrogens is 267 g/mol. The first-order chi connectivity index (χ1) is 7.88. The number of aromatic carboxylic acids is 1. The SMILES string of the molecule is CN(C)c1c(Cl)cc(/C(Cl)=N/O)cc1C(=O)O. The summed E-state index contributed by atoms with van der Waals surface area (Å²) in [5.74, 6) is -1.14. The maximum Gasteiger partial charge on any atom is 0.337 e. The van der Waals surface area contributed by atoms with Crippen LogP contribution in [0, 0.1) is 0 Å². The molecule has 0 aliphatic heterocycles. The van der Waals surface area contributed by atoms with Gasteiger partial charge in [0.1, 0.15) is 0 Å². The third-order valence-electron chi connectivity index (χ3n) is 2.07. The molecule has 17 heavy (non-hydrogen) atoms. The zero-order chi connectivity index (χ0) is 13.2. The largest absolute Gasteiger partial charge is 0.478 e. The Labute approximate surface area is 108 Å². The van der Waals surface area contributed by atoms with Gasteiger partial charge in [-0.25, -0.2) is 4.79 Å². The van der Waals surface area contributed by atoms with Crippen molar-refractivity contribution < 1.29 is 15.1 Å². The van der Waals surface area contributed by atoms with Crippen LogP contribution in [0.1, 0.15) is 15.9 Å². The zero-order valence-corrected chi connectivity index (χ0v) is 10.6. The minimum Gasteiger partial charge on any atom is -0.478 e. The molecule has 0 amide bonds. The molecule has 0 radical (unpaired) electrons. The van der Waals surface area contributed by atoms with Gasteiger partial charge in [0.2, 0.25) is 0 Å². The lowest BCUT2D eigenvalue weighted by molar-refractivity contribution is 0.0697. The molecule has 0 atom stereocenters. The Morgan fingerprint density at radius 1 is 1.41 bits per heavy atom. The van der Waals surface area contributed by atoms with Gasteiger partial charge < -0.3 is 15.2 Å². The van der Waals surface area contributed by atoms with Crippen molar-refractivity contribution in [2.45, 2.75) is 0 Å². The number of carboxylic acids is 1. The van der Waals surface area contributed by atoms with E-state index < -0.39 is 5.97 Å². The van der Waals surface area contributed by atoms with Crippen LogP contribution in [-0.4, -0.2) is 35.5 Å². The Morgan fingerprint density at radius 3 is 2.41 bits per heavy atom. The van der Waals surface area contributed by atoms with E-state index in [1.807, 2.05) is 0 Å². The molecule has 0 aromatic heterocycles. The second kappa shape index (κ2) is 5.25. The van der Waals surface area contributed by atoms with Crippen LogP contribution < -0.4 is 4.90 Å². The maximum absolute atomic E-state index is 11.1. The highest BCUT2D eigenvalue weighted by Gasteiger charge is 2.18. The minimum absolute atomic E-state index is 0.0145. The third-order valence-corrected chi connectivity index (χ3v) is 2.65. The molecule has 1 aromatic carbocycles. The van der Waals surface area contributed by atoms with Gasteiger partial charge in [0.25, 0.3) is 0 Å². The maximum atomic E-state index is 11.1. The molecule has 2 N–H and O–H groups in total. The van der Waals surface area contributed by atoms with Crippen LogP contribution in [0.4, 0.5) is 5.69 Å². The summed E-state index contributed by atoms with van der Waals surface area (Å²) in [6.07, 6.45) is 0. The predicted molar refractivity (Wildman–Crippen MR) is 66.9 cm³/mol. The molecule has 5 nitrogen and oxygen atoms in total. The lowest BCUT2D eigenvalue weighted by Crippen LogP contribution is -2.15. The molecule has 0 fully saturated rings. The van der Waals surface area contributed by atoms with E-state index in [1.54, 1.807) is 19.0 Å². The highest BCUT2D eigenvalue weighted by molar-refractivity contribution is 6.69. The first-order valence-corrected chi connectivity index (χ1v) is 5.26. The Bertz CT molecular complexity index is 487. The van der Waals surface area contributed by atoms with Crippen LogP contribution in [0.5, 0.6) is 0 Å². The van der Waals surface area contributed by atoms with Gasteiger partial charge >= 0.3 is 5.97 Å². The fraction of sp³-hybridized carbons (Fsp3) is 0.200. The van der Waals surface area contributed by atoms with E-state index in [1.165, 1.54) is 12.1 Å². The van der Waals surface area contributed by atoms with E-state index in [9.17, 15) is 4.79 Å². The normalized spacial score (nSPS) is 11.4. The van der Waals surface area contributed by atoms with E-state index in [4.69, 9.17) is 33.5 Å². The minimum atomic E-state index is -1.14. The molecule has 92 valence electrons. The summed E-state index contributed by atoms with van der Waals surface area (Å²) in [5.41, 5.74) is 0.590. The predicted octanol–water partition coefficient (Wildman–Crippen LogP) is 2.48. The number of hydrogen-bond donors (Lipinski definition) is 2. The Hall–Kier alpha value is -1.46. The fourth-order valence-corrected chi connectivity index (χ4v) is 1.89. The smallest absolute Gasteiger partial charge is 0.337 e. The van der Waals surface area contributed by atoms with Gasteiger partial charge in [-0.15, -0.1) is 0 Å². The third kappa shape index (κ3) is 2.81. The van der Waals surface area contributed by atoms with E-state index in [0.717, 1.165) is 0 Å². The average Bonchev–Trinajstić information content (AvgIpc) is 2.26. The van der Waals surface area contributed by atoms with Crippen LogP contribution in [0.25, 0.3) is 0 Å². The zero-order valence-electron chi connectivity index (χ0n) is 9.11. The number of benzene rings is 1. The van der Waals surface area contributed by atoms with E-state index in [2.05, 4.69) is 5.16 Å². The van der Waals surface area contributed by atoms with E-state index in [0.29, 0.717) is 5.69 Å². The van der Waals surface area contributed by atoms with Gasteiger partial charge in [0.05, 0.1) is 16.3 Å². The molecule has 0 bridgehead atoms. The van der Waals surface area contributed by atoms with Gasteiger partial charge in [0.15, 0.2) is 5.17 Å². The van der Waals surface area contributed by atoms with Gasteiger partial charge in [-0.3, -0.25) is 0 Å². The Kier molecular flexibility index (Phi) is 4.20. The fourth-order valence-electron chi connectivity index (χ4n) is 1.39. The number of carboxylic acid groups (broad SMARTS) is 1. The molecule has 0 spiro atoms. The first-order valence-electron chi connectivity index (χ1n) is 4.50. The van der Waals surface area contributed by atoms with Crippen LogP contribution in [-0.2, 0) is 0 Å². The summed E-state index contributed by atoms with van der Waals surface area (Å²) in [6.45, 7) is 0. The number of hydrogen-bond acceptors (Lipinski definition) is 4. The van der Waals surface area contributed by atoms with Crippen LogP contribution in [0.3, 0.4) is 0 Å². The van der Waals surface area contributed by atoms with E-state index in [-0.39, 0.29) is 21.3 Å². The summed E-state index contributed by atoms with van der Waals surface area (Å²) in [7, 11) is 3.35. The molecule has 1 aromatic rings. The molecule has 0 heterocycles. The molecule has 1 rings (SSSR count). The summed E-state index contributed by atoms with van der Waals surface area (Å²) in [5, 5.41) is 20.4. The molecule has 0 aliphatic rings. The van der Waals surface area contributed by atoms with Gasteiger partial charge in [-0.1, -0.05) is 28.4 Å². The van der Waals surface area contributed by atoms with Crippen molar-refractivity contribution in [2.24, 2.45) is 5.16 Å². The summed E-state index contributed by atoms with van der Waals surface area (Å²) >= 11 is 11.6. The van der Waals surface area contributed by atoms with E-state index >= 15 is 0 Å². The van der Waals surface area contributed by atoms with Crippen molar-refractivity contribution in [1.29, 1.82) is 0 Å². The highest BCUT2D eigenvalue weighted by Crippen LogP contribution is 2.31. The highest BCUT2D eigenvalue weighted by atomic mass is 35.5. The quantitative estimate of drug-likeness (QED) is 0.505. The number of carbonyl (C=O) groups is 1. The molecule has 0 unspecified atom stereocenters. The Morgan fingerprint density at radius 2 is 2.00 bits per heavy atom. The average molecular weight is 277 g/mol. The van der Waals surface area contributed by atoms with Gasteiger partial charge in [-0.05, 0) is 12.1 Å². The summed E-state index contributed by atoms with van der Waals surface area (Å²) in [6, 6.07) is 2.73. The molecule has 0 saturated carbocycles. The van der Waals surface area contributed by atoms with Crippen LogP contribution in [0.15, 0.2) is 17.3 Å². The number of oxime groups is 1. The van der Waals surface area contributed by atoms with Crippen molar-refractivity contribution >= 4 is 40.0 Å². The van der Waals surface area contributed by atoms with Gasteiger partial charge in [-0.2, -0.15) is 0 Å². The Balaban J connectivity index is 3.52. The number of nitrogens with zero attached hydrogens (tertiary/aromatic N) is 2. The van der Waals surface area contributed by atoms with Crippen molar-refractivity contribution in [3.8, 4) is 0 Å². The molecule has 0 saturated heterocycles. The topological polar surface area (TPSA) is 73.1 Å². The first kappa shape index (κ1) is 13.6. The van der Waals surface area contributed by atoms with Crippen molar-refractivity contribution in [1.82, 2.24) is 0 Å². The van der Waals surface area contributed by atoms with Crippen molar-refractivity contribution in [3.63, 3.8) is 0 Å². The monoisotopic (exact) mass is 276 g/mol. The lowest BCUT2D eigenvalue weighted by Gasteiger charge is -2.18. The molecule has 7 heteroatoms. The number of halogens is 2. The van der Waals surface area contributed by atoms with Gasteiger partial charge in [0, 0.05) is 19.7 Å². The second-order valence-electron chi connectivity index (χ2n) is 3.44. The van der Waals surface area contributed by atoms with Crippen molar-refractivity contribution in [2.75, 3.05) is 19.0 Å². The standard InChI is InChI=1S/C10H10Cl2N2O3/c1-14(2)8-6(10(15)16)3-5(4-7(8)11)9(12)13-17/h3-4,17H,1-2H3,(H,15,16)/b13-9-. The number of anilines is 1. The second-order valence-corrected chi connectivity index (χ2v) is 4.21. The molecule has 0 aliphatic carbocycles. The number of rotatable bonds is 3. The van der Waals surface area contributed by atoms with Crippen LogP contribution in [0.2, 0.25) is 5.02 Å². The summed E-state index contributed by atoms with van der Waals surface area (Å²) < 4.78 is 0. The lowest BCUT2D eigenvalue weighted by atomic mass is 10.1.